The van der Waals surface area contributed by atoms with E-state index in [1.54, 1.807) is 0 Å². The fraction of sp³-hybridized carbons (Fsp3) is 0.333. The van der Waals surface area contributed by atoms with Gasteiger partial charge in [-0.1, -0.05) is 39.1 Å². The van der Waals surface area contributed by atoms with Crippen LogP contribution in [-0.4, -0.2) is 28.6 Å². The number of carbonyl (C=O) groups is 2. The fourth-order valence-corrected chi connectivity index (χ4v) is 1.52. The number of carbonyl (C=O) groups excluding carboxylic acids is 2. The molecule has 0 N–H and O–H groups in total. The average molecular weight is 273 g/mol. The second-order valence-electron chi connectivity index (χ2n) is 2.08. The van der Waals surface area contributed by atoms with Gasteiger partial charge in [0, 0.05) is 11.9 Å². The second-order valence-corrected chi connectivity index (χ2v) is 3.63. The van der Waals surface area contributed by atoms with Crippen LogP contribution in [0.5, 0.6) is 0 Å². The molecule has 0 aliphatic carbocycles. The predicted molar refractivity (Wildman–Crippen MR) is 49.2 cm³/mol. The Bertz CT molecular complexity index is 253. The van der Waals surface area contributed by atoms with Crippen LogP contribution in [0.2, 0.25) is 0 Å². The van der Waals surface area contributed by atoms with E-state index < -0.39 is 11.8 Å². The van der Waals surface area contributed by atoms with Gasteiger partial charge in [-0.3, -0.25) is 14.5 Å². The quantitative estimate of drug-likeness (QED) is 0.564. The van der Waals surface area contributed by atoms with Gasteiger partial charge in [-0.05, 0) is 0 Å². The molecule has 1 rings (SSSR count). The van der Waals surface area contributed by atoms with Gasteiger partial charge in [-0.15, -0.1) is 0 Å². The van der Waals surface area contributed by atoms with E-state index in [-0.39, 0.29) is 16.6 Å². The molecule has 1 aliphatic heterocycles. The molecular weight excluding hydrogens is 269 g/mol. The first kappa shape index (κ1) is 10.0. The zero-order valence-electron chi connectivity index (χ0n) is 5.81. The summed E-state index contributed by atoms with van der Waals surface area (Å²) in [5.41, 5.74) is 0. The van der Waals surface area contributed by atoms with Gasteiger partial charge in [0.15, 0.2) is 0 Å². The van der Waals surface area contributed by atoms with Crippen molar-refractivity contribution in [2.45, 2.75) is 0 Å². The number of halogens is 3. The lowest BCUT2D eigenvalue weighted by atomic mass is 10.5. The summed E-state index contributed by atoms with van der Waals surface area (Å²) >= 11 is 14.0. The smallest absolute Gasteiger partial charge is 0.272 e. The molecule has 2 amide bonds. The van der Waals surface area contributed by atoms with Crippen molar-refractivity contribution in [1.29, 1.82) is 0 Å². The van der Waals surface area contributed by atoms with E-state index in [0.717, 1.165) is 4.90 Å². The van der Waals surface area contributed by atoms with Crippen LogP contribution < -0.4 is 0 Å². The maximum absolute atomic E-state index is 11.1. The predicted octanol–water partition coefficient (Wildman–Crippen LogP) is 1.44. The molecule has 0 saturated carbocycles. The van der Waals surface area contributed by atoms with Crippen LogP contribution in [0.25, 0.3) is 0 Å². The number of nitrogens with zero attached hydrogens (tertiary/aromatic N) is 1. The molecule has 0 aromatic carbocycles. The zero-order valence-corrected chi connectivity index (χ0v) is 8.91. The van der Waals surface area contributed by atoms with Gasteiger partial charge < -0.3 is 0 Å². The number of hydrogen-bond donors (Lipinski definition) is 0. The van der Waals surface area contributed by atoms with Crippen LogP contribution in [0, 0.1) is 0 Å². The Morgan fingerprint density at radius 1 is 1.17 bits per heavy atom. The largest absolute Gasteiger partial charge is 0.274 e. The first-order valence-corrected chi connectivity index (χ1v) is 4.94. The SMILES string of the molecule is O=C1C(Cl)=C(Cl)C(=O)N1CCBr. The molecule has 0 spiro atoms. The lowest BCUT2D eigenvalue weighted by Gasteiger charge is -2.10. The Morgan fingerprint density at radius 3 is 1.92 bits per heavy atom. The molecule has 0 bridgehead atoms. The standard InChI is InChI=1S/C6H4BrCl2NO2/c7-1-2-10-5(11)3(8)4(9)6(10)12/h1-2H2. The molecule has 12 heavy (non-hydrogen) atoms. The molecule has 3 nitrogen and oxygen atoms in total. The summed E-state index contributed by atoms with van der Waals surface area (Å²) in [6, 6.07) is 0. The van der Waals surface area contributed by atoms with E-state index in [9.17, 15) is 9.59 Å². The Balaban J connectivity index is 2.88. The van der Waals surface area contributed by atoms with Crippen molar-refractivity contribution in [3.8, 4) is 0 Å². The normalized spacial score (nSPS) is 18.1. The number of hydrogen-bond acceptors (Lipinski definition) is 2. The molecule has 6 heteroatoms. The summed E-state index contributed by atoms with van der Waals surface area (Å²) in [6.45, 7) is 0.282. The van der Waals surface area contributed by atoms with Gasteiger partial charge in [0.1, 0.15) is 10.1 Å². The van der Waals surface area contributed by atoms with Crippen LogP contribution in [0.15, 0.2) is 10.1 Å². The minimum absolute atomic E-state index is 0.192. The van der Waals surface area contributed by atoms with E-state index >= 15 is 0 Å². The molecule has 0 fully saturated rings. The van der Waals surface area contributed by atoms with Crippen LogP contribution in [-0.2, 0) is 9.59 Å². The van der Waals surface area contributed by atoms with Crippen LogP contribution in [0.1, 0.15) is 0 Å². The molecule has 0 saturated heterocycles. The van der Waals surface area contributed by atoms with Gasteiger partial charge in [0.25, 0.3) is 11.8 Å². The topological polar surface area (TPSA) is 37.4 Å². The Hall–Kier alpha value is -0.0600. The number of amides is 2. The lowest BCUT2D eigenvalue weighted by Crippen LogP contribution is -2.32. The highest BCUT2D eigenvalue weighted by Gasteiger charge is 2.35. The van der Waals surface area contributed by atoms with Crippen LogP contribution in [0.4, 0.5) is 0 Å². The van der Waals surface area contributed by atoms with E-state index in [2.05, 4.69) is 15.9 Å². The summed E-state index contributed by atoms with van der Waals surface area (Å²) in [5, 5.41) is 0.129. The third-order valence-electron chi connectivity index (χ3n) is 1.37. The van der Waals surface area contributed by atoms with Crippen molar-refractivity contribution in [1.82, 2.24) is 4.90 Å². The third-order valence-corrected chi connectivity index (χ3v) is 2.52. The van der Waals surface area contributed by atoms with E-state index in [4.69, 9.17) is 23.2 Å². The first-order valence-electron chi connectivity index (χ1n) is 3.07. The van der Waals surface area contributed by atoms with Crippen molar-refractivity contribution in [2.24, 2.45) is 0 Å². The minimum Gasteiger partial charge on any atom is -0.272 e. The van der Waals surface area contributed by atoms with E-state index in [0.29, 0.717) is 5.33 Å². The highest BCUT2D eigenvalue weighted by atomic mass is 79.9. The minimum atomic E-state index is -0.522. The lowest BCUT2D eigenvalue weighted by molar-refractivity contribution is -0.136. The second kappa shape index (κ2) is 3.77. The van der Waals surface area contributed by atoms with Gasteiger partial charge in [0.2, 0.25) is 0 Å². The molecule has 0 radical (unpaired) electrons. The zero-order chi connectivity index (χ0) is 9.30. The molecule has 0 unspecified atom stereocenters. The van der Waals surface area contributed by atoms with Crippen LogP contribution in [0.3, 0.4) is 0 Å². The van der Waals surface area contributed by atoms with E-state index in [1.807, 2.05) is 0 Å². The highest BCUT2D eigenvalue weighted by Crippen LogP contribution is 2.26. The van der Waals surface area contributed by atoms with E-state index in [1.165, 1.54) is 0 Å². The van der Waals surface area contributed by atoms with Crippen molar-refractivity contribution in [3.05, 3.63) is 10.1 Å². The monoisotopic (exact) mass is 271 g/mol. The molecule has 66 valence electrons. The van der Waals surface area contributed by atoms with Crippen molar-refractivity contribution in [3.63, 3.8) is 0 Å². The highest BCUT2D eigenvalue weighted by molar-refractivity contribution is 9.09. The Morgan fingerprint density at radius 2 is 1.58 bits per heavy atom. The number of imide groups is 1. The van der Waals surface area contributed by atoms with Crippen molar-refractivity contribution in [2.75, 3.05) is 11.9 Å². The first-order chi connectivity index (χ1) is 5.59. The summed E-state index contributed by atoms with van der Waals surface area (Å²) in [6.07, 6.45) is 0. The average Bonchev–Trinajstić information content (AvgIpc) is 2.23. The molecule has 1 heterocycles. The van der Waals surface area contributed by atoms with Gasteiger partial charge in [0.05, 0.1) is 0 Å². The Labute approximate surface area is 87.4 Å². The molecular formula is C6H4BrCl2NO2. The Kier molecular flexibility index (Phi) is 3.15. The number of alkyl halides is 1. The van der Waals surface area contributed by atoms with Gasteiger partial charge >= 0.3 is 0 Å². The van der Waals surface area contributed by atoms with Crippen molar-refractivity contribution < 1.29 is 9.59 Å². The summed E-state index contributed by atoms with van der Waals surface area (Å²) in [7, 11) is 0. The fourth-order valence-electron chi connectivity index (χ4n) is 0.805. The molecule has 0 aromatic rings. The van der Waals surface area contributed by atoms with Gasteiger partial charge in [-0.25, -0.2) is 0 Å². The summed E-state index contributed by atoms with van der Waals surface area (Å²) in [4.78, 5) is 23.3. The maximum atomic E-state index is 11.1. The molecule has 0 atom stereocenters. The third kappa shape index (κ3) is 1.51. The van der Waals surface area contributed by atoms with Crippen molar-refractivity contribution >= 4 is 50.9 Å². The maximum Gasteiger partial charge on any atom is 0.274 e. The molecule has 1 aliphatic rings. The van der Waals surface area contributed by atoms with Crippen LogP contribution >= 0.6 is 39.1 Å². The molecule has 0 aromatic heterocycles. The summed E-state index contributed by atoms with van der Waals surface area (Å²) in [5.74, 6) is -1.04. The van der Waals surface area contributed by atoms with Gasteiger partial charge in [-0.2, -0.15) is 0 Å². The number of rotatable bonds is 2. The summed E-state index contributed by atoms with van der Waals surface area (Å²) < 4.78 is 0.